The molecule has 1 aromatic carbocycles. The number of sulfonamides is 1. The van der Waals surface area contributed by atoms with E-state index in [1.54, 1.807) is 11.6 Å². The third kappa shape index (κ3) is 5.31. The Bertz CT molecular complexity index is 698. The Hall–Kier alpha value is -1.09. The van der Waals surface area contributed by atoms with Crippen molar-refractivity contribution in [3.8, 4) is 0 Å². The van der Waals surface area contributed by atoms with E-state index in [0.717, 1.165) is 15.5 Å². The first kappa shape index (κ1) is 16.3. The molecular formula is C13H17N3O2S3. The Balaban J connectivity index is 1.80. The Morgan fingerprint density at radius 2 is 2.24 bits per heavy atom. The molecule has 2 aromatic rings. The summed E-state index contributed by atoms with van der Waals surface area (Å²) >= 11 is 2.93. The normalized spacial score (nSPS) is 11.7. The van der Waals surface area contributed by atoms with E-state index in [2.05, 4.69) is 9.71 Å². The van der Waals surface area contributed by atoms with Crippen LogP contribution in [0.4, 0.5) is 5.69 Å². The number of aromatic nitrogens is 1. The average Bonchev–Trinajstić information content (AvgIpc) is 2.82. The molecule has 2 rings (SSSR count). The van der Waals surface area contributed by atoms with Crippen molar-refractivity contribution >= 4 is 38.8 Å². The fourth-order valence-electron chi connectivity index (χ4n) is 1.62. The van der Waals surface area contributed by atoms with Crippen LogP contribution in [-0.2, 0) is 16.6 Å². The van der Waals surface area contributed by atoms with E-state index >= 15 is 0 Å². The second-order valence-corrected chi connectivity index (χ2v) is 8.46. The number of hydrogen-bond acceptors (Lipinski definition) is 6. The lowest BCUT2D eigenvalue weighted by atomic mass is 10.3. The van der Waals surface area contributed by atoms with Crippen LogP contribution in [0.15, 0.2) is 34.7 Å². The fourth-order valence-corrected chi connectivity index (χ4v) is 4.77. The molecular weight excluding hydrogens is 326 g/mol. The smallest absolute Gasteiger partial charge is 0.212 e. The molecule has 0 aliphatic carbocycles. The van der Waals surface area contributed by atoms with Gasteiger partial charge in [-0.15, -0.1) is 23.1 Å². The minimum Gasteiger partial charge on any atom is -0.399 e. The maximum Gasteiger partial charge on any atom is 0.212 e. The number of rotatable bonds is 7. The van der Waals surface area contributed by atoms with Crippen LogP contribution in [0, 0.1) is 6.92 Å². The number of hydrogen-bond donors (Lipinski definition) is 2. The molecule has 0 aliphatic heterocycles. The molecule has 0 spiro atoms. The molecule has 0 saturated carbocycles. The van der Waals surface area contributed by atoms with E-state index in [4.69, 9.17) is 5.73 Å². The van der Waals surface area contributed by atoms with Gasteiger partial charge in [-0.3, -0.25) is 0 Å². The summed E-state index contributed by atoms with van der Waals surface area (Å²) in [4.78, 5) is 6.02. The van der Waals surface area contributed by atoms with E-state index in [1.807, 2.05) is 25.1 Å². The first-order valence-electron chi connectivity index (χ1n) is 6.31. The Labute approximate surface area is 133 Å². The van der Waals surface area contributed by atoms with E-state index in [-0.39, 0.29) is 5.75 Å². The Kier molecular flexibility index (Phi) is 5.63. The maximum absolute atomic E-state index is 11.9. The summed E-state index contributed by atoms with van der Waals surface area (Å²) < 4.78 is 26.5. The van der Waals surface area contributed by atoms with Gasteiger partial charge in [-0.1, -0.05) is 6.07 Å². The molecule has 0 unspecified atom stereocenters. The Morgan fingerprint density at radius 1 is 1.43 bits per heavy atom. The molecule has 3 N–H and O–H groups in total. The van der Waals surface area contributed by atoms with Crippen LogP contribution in [-0.4, -0.2) is 24.9 Å². The lowest BCUT2D eigenvalue weighted by molar-refractivity contribution is 0.583. The number of thiazole rings is 1. The van der Waals surface area contributed by atoms with Gasteiger partial charge in [0.1, 0.15) is 0 Å². The molecule has 1 aromatic heterocycles. The van der Waals surface area contributed by atoms with Crippen LogP contribution in [0.3, 0.4) is 0 Å². The van der Waals surface area contributed by atoms with Crippen molar-refractivity contribution in [1.29, 1.82) is 0 Å². The molecule has 21 heavy (non-hydrogen) atoms. The van der Waals surface area contributed by atoms with Crippen molar-refractivity contribution < 1.29 is 8.42 Å². The second-order valence-electron chi connectivity index (χ2n) is 4.42. The lowest BCUT2D eigenvalue weighted by Gasteiger charge is -2.06. The first-order valence-corrected chi connectivity index (χ1v) is 9.83. The zero-order valence-electron chi connectivity index (χ0n) is 11.6. The van der Waals surface area contributed by atoms with Crippen LogP contribution in [0.2, 0.25) is 0 Å². The summed E-state index contributed by atoms with van der Waals surface area (Å²) in [6.45, 7) is 2.18. The predicted octanol–water partition coefficient (Wildman–Crippen LogP) is 2.25. The quantitative estimate of drug-likeness (QED) is 0.595. The van der Waals surface area contributed by atoms with Crippen molar-refractivity contribution in [1.82, 2.24) is 9.71 Å². The number of thioether (sulfide) groups is 1. The van der Waals surface area contributed by atoms with Gasteiger partial charge in [0.2, 0.25) is 10.0 Å². The van der Waals surface area contributed by atoms with Gasteiger partial charge in [-0.25, -0.2) is 18.1 Å². The van der Waals surface area contributed by atoms with E-state index < -0.39 is 10.0 Å². The van der Waals surface area contributed by atoms with Gasteiger partial charge in [0, 0.05) is 27.8 Å². The summed E-state index contributed by atoms with van der Waals surface area (Å²) in [5.74, 6) is 0.560. The maximum atomic E-state index is 11.9. The van der Waals surface area contributed by atoms with Gasteiger partial charge < -0.3 is 5.73 Å². The topological polar surface area (TPSA) is 85.1 Å². The van der Waals surface area contributed by atoms with Crippen LogP contribution in [0.1, 0.15) is 10.6 Å². The van der Waals surface area contributed by atoms with Gasteiger partial charge >= 0.3 is 0 Å². The minimum absolute atomic E-state index is 0.0737. The molecule has 0 amide bonds. The summed E-state index contributed by atoms with van der Waals surface area (Å²) in [6, 6.07) is 7.42. The highest BCUT2D eigenvalue weighted by Gasteiger charge is 2.11. The largest absolute Gasteiger partial charge is 0.399 e. The first-order chi connectivity index (χ1) is 9.96. The van der Waals surface area contributed by atoms with Gasteiger partial charge in [-0.2, -0.15) is 0 Å². The van der Waals surface area contributed by atoms with Gasteiger partial charge in [0.25, 0.3) is 0 Å². The molecule has 0 bridgehead atoms. The highest BCUT2D eigenvalue weighted by molar-refractivity contribution is 8.00. The number of aryl methyl sites for hydroxylation is 1. The van der Waals surface area contributed by atoms with Crippen LogP contribution < -0.4 is 10.5 Å². The van der Waals surface area contributed by atoms with E-state index in [0.29, 0.717) is 18.0 Å². The highest BCUT2D eigenvalue weighted by Crippen LogP contribution is 2.20. The highest BCUT2D eigenvalue weighted by atomic mass is 32.2. The van der Waals surface area contributed by atoms with Crippen LogP contribution in [0.25, 0.3) is 0 Å². The van der Waals surface area contributed by atoms with E-state index in [1.165, 1.54) is 23.1 Å². The standard InChI is InChI=1S/C13H17N3O2S3/c1-10-13(20-9-15-10)8-16-21(17,18)6-5-19-12-4-2-3-11(14)7-12/h2-4,7,9,16H,5-6,8,14H2,1H3. The molecule has 0 radical (unpaired) electrons. The third-order valence-corrected chi connectivity index (χ3v) is 6.29. The van der Waals surface area contributed by atoms with Gasteiger partial charge in [0.05, 0.1) is 17.0 Å². The summed E-state index contributed by atoms with van der Waals surface area (Å²) in [5, 5.41) is 0. The van der Waals surface area contributed by atoms with Crippen LogP contribution in [0.5, 0.6) is 0 Å². The lowest BCUT2D eigenvalue weighted by Crippen LogP contribution is -2.26. The number of nitrogens with zero attached hydrogens (tertiary/aromatic N) is 1. The molecule has 0 saturated heterocycles. The van der Waals surface area contributed by atoms with Crippen LogP contribution >= 0.6 is 23.1 Å². The van der Waals surface area contributed by atoms with Crippen molar-refractivity contribution in [2.75, 3.05) is 17.2 Å². The molecule has 8 heteroatoms. The molecule has 0 atom stereocenters. The Morgan fingerprint density at radius 3 is 2.90 bits per heavy atom. The zero-order chi connectivity index (χ0) is 15.3. The van der Waals surface area contributed by atoms with Crippen molar-refractivity contribution in [2.45, 2.75) is 18.4 Å². The third-order valence-electron chi connectivity index (χ3n) is 2.78. The number of anilines is 1. The van der Waals surface area contributed by atoms with Crippen molar-refractivity contribution in [3.63, 3.8) is 0 Å². The molecule has 1 heterocycles. The summed E-state index contributed by atoms with van der Waals surface area (Å²) in [7, 11) is -3.28. The molecule has 0 aliphatic rings. The van der Waals surface area contributed by atoms with E-state index in [9.17, 15) is 8.42 Å². The van der Waals surface area contributed by atoms with Crippen molar-refractivity contribution in [2.24, 2.45) is 0 Å². The number of nitrogens with one attached hydrogen (secondary N) is 1. The molecule has 0 fully saturated rings. The summed E-state index contributed by atoms with van der Waals surface area (Å²) in [5.41, 5.74) is 8.95. The fraction of sp³-hybridized carbons (Fsp3) is 0.308. The zero-order valence-corrected chi connectivity index (χ0v) is 14.0. The van der Waals surface area contributed by atoms with Gasteiger partial charge in [-0.05, 0) is 25.1 Å². The summed E-state index contributed by atoms with van der Waals surface area (Å²) in [6.07, 6.45) is 0. The second kappa shape index (κ2) is 7.26. The SMILES string of the molecule is Cc1ncsc1CNS(=O)(=O)CCSc1cccc(N)c1. The molecule has 114 valence electrons. The predicted molar refractivity (Wildman–Crippen MR) is 89.1 cm³/mol. The number of nitrogen functional groups attached to an aromatic ring is 1. The van der Waals surface area contributed by atoms with Crippen molar-refractivity contribution in [3.05, 3.63) is 40.3 Å². The minimum atomic E-state index is -3.28. The number of benzene rings is 1. The average molecular weight is 343 g/mol. The number of nitrogens with two attached hydrogens (primary N) is 1. The monoisotopic (exact) mass is 343 g/mol. The van der Waals surface area contributed by atoms with Gasteiger partial charge in [0.15, 0.2) is 0 Å². The molecule has 5 nitrogen and oxygen atoms in total.